The van der Waals surface area contributed by atoms with E-state index in [2.05, 4.69) is 6.92 Å². The molecule has 0 aromatic rings. The molecule has 108 valence electrons. The highest BCUT2D eigenvalue weighted by atomic mass is 16.5. The standard InChI is InChI=1S/C13H26O5/c1-2-3-4-5-6-12(17)18-8-7-13(9-14,10-15)11-16/h14-16H,2-11H2,1H3. The van der Waals surface area contributed by atoms with E-state index in [1.54, 1.807) is 0 Å². The monoisotopic (exact) mass is 262 g/mol. The molecule has 0 aromatic heterocycles. The van der Waals surface area contributed by atoms with Crippen molar-refractivity contribution in [3.8, 4) is 0 Å². The van der Waals surface area contributed by atoms with Crippen molar-refractivity contribution in [2.45, 2.75) is 45.4 Å². The van der Waals surface area contributed by atoms with E-state index in [0.717, 1.165) is 25.7 Å². The maximum absolute atomic E-state index is 11.3. The van der Waals surface area contributed by atoms with Gasteiger partial charge in [0.05, 0.1) is 26.4 Å². The van der Waals surface area contributed by atoms with Gasteiger partial charge in [0.2, 0.25) is 0 Å². The third kappa shape index (κ3) is 6.93. The van der Waals surface area contributed by atoms with E-state index >= 15 is 0 Å². The third-order valence-electron chi connectivity index (χ3n) is 3.14. The van der Waals surface area contributed by atoms with Gasteiger partial charge in [-0.05, 0) is 12.8 Å². The predicted octanol–water partition coefficient (Wildman–Crippen LogP) is 0.853. The minimum Gasteiger partial charge on any atom is -0.466 e. The lowest BCUT2D eigenvalue weighted by atomic mass is 9.88. The molecule has 3 N–H and O–H groups in total. The van der Waals surface area contributed by atoms with Gasteiger partial charge in [0.25, 0.3) is 0 Å². The molecule has 0 saturated heterocycles. The Balaban J connectivity index is 3.72. The van der Waals surface area contributed by atoms with Crippen LogP contribution < -0.4 is 0 Å². The lowest BCUT2D eigenvalue weighted by Crippen LogP contribution is -2.35. The van der Waals surface area contributed by atoms with Crippen LogP contribution in [0.1, 0.15) is 45.4 Å². The highest BCUT2D eigenvalue weighted by molar-refractivity contribution is 5.69. The normalized spacial score (nSPS) is 11.6. The van der Waals surface area contributed by atoms with Crippen LogP contribution in [-0.4, -0.2) is 47.7 Å². The molecule has 0 radical (unpaired) electrons. The summed E-state index contributed by atoms with van der Waals surface area (Å²) in [6.45, 7) is 1.25. The fourth-order valence-corrected chi connectivity index (χ4v) is 1.54. The summed E-state index contributed by atoms with van der Waals surface area (Å²) >= 11 is 0. The summed E-state index contributed by atoms with van der Waals surface area (Å²) in [6.07, 6.45) is 4.77. The molecule has 0 saturated carbocycles. The molecule has 0 atom stereocenters. The maximum atomic E-state index is 11.3. The Hall–Kier alpha value is -0.650. The zero-order valence-electron chi connectivity index (χ0n) is 11.2. The first-order valence-corrected chi connectivity index (χ1v) is 6.62. The van der Waals surface area contributed by atoms with Gasteiger partial charge < -0.3 is 20.1 Å². The predicted molar refractivity (Wildman–Crippen MR) is 68.0 cm³/mol. The van der Waals surface area contributed by atoms with Gasteiger partial charge in [0, 0.05) is 11.8 Å². The molecule has 0 unspecified atom stereocenters. The SMILES string of the molecule is CCCCCCC(=O)OCCC(CO)(CO)CO. The van der Waals surface area contributed by atoms with Crippen molar-refractivity contribution in [3.63, 3.8) is 0 Å². The van der Waals surface area contributed by atoms with Gasteiger partial charge in [0.1, 0.15) is 0 Å². The number of ether oxygens (including phenoxy) is 1. The van der Waals surface area contributed by atoms with Crippen molar-refractivity contribution in [3.05, 3.63) is 0 Å². The summed E-state index contributed by atoms with van der Waals surface area (Å²) in [4.78, 5) is 11.3. The van der Waals surface area contributed by atoms with Crippen LogP contribution in [-0.2, 0) is 9.53 Å². The molecule has 0 aromatic carbocycles. The van der Waals surface area contributed by atoms with Crippen LogP contribution in [0.4, 0.5) is 0 Å². The lowest BCUT2D eigenvalue weighted by molar-refractivity contribution is -0.145. The Morgan fingerprint density at radius 1 is 1.06 bits per heavy atom. The molecule has 0 aliphatic heterocycles. The molecule has 0 aliphatic rings. The Labute approximate surface area is 109 Å². The Bertz CT molecular complexity index is 205. The minimum atomic E-state index is -0.956. The van der Waals surface area contributed by atoms with Crippen LogP contribution >= 0.6 is 0 Å². The van der Waals surface area contributed by atoms with E-state index in [1.807, 2.05) is 0 Å². The van der Waals surface area contributed by atoms with E-state index < -0.39 is 5.41 Å². The van der Waals surface area contributed by atoms with Crippen LogP contribution in [0.5, 0.6) is 0 Å². The highest BCUT2D eigenvalue weighted by Crippen LogP contribution is 2.19. The number of aliphatic hydroxyl groups is 3. The molecule has 0 aliphatic carbocycles. The van der Waals surface area contributed by atoms with Gasteiger partial charge in [-0.1, -0.05) is 26.2 Å². The van der Waals surface area contributed by atoms with Crippen LogP contribution in [0.2, 0.25) is 0 Å². The summed E-state index contributed by atoms with van der Waals surface area (Å²) in [5, 5.41) is 27.2. The molecule has 0 spiro atoms. The van der Waals surface area contributed by atoms with Crippen LogP contribution in [0, 0.1) is 5.41 Å². The third-order valence-corrected chi connectivity index (χ3v) is 3.14. The molecule has 0 amide bonds. The van der Waals surface area contributed by atoms with E-state index in [9.17, 15) is 4.79 Å². The fraction of sp³-hybridized carbons (Fsp3) is 0.923. The van der Waals surface area contributed by atoms with E-state index in [1.165, 1.54) is 0 Å². The highest BCUT2D eigenvalue weighted by Gasteiger charge is 2.28. The Morgan fingerprint density at radius 2 is 1.67 bits per heavy atom. The zero-order valence-corrected chi connectivity index (χ0v) is 11.2. The number of carbonyl (C=O) groups excluding carboxylic acids is 1. The summed E-state index contributed by atoms with van der Waals surface area (Å²) < 4.78 is 5.01. The van der Waals surface area contributed by atoms with Gasteiger partial charge in [-0.25, -0.2) is 0 Å². The smallest absolute Gasteiger partial charge is 0.305 e. The average Bonchev–Trinajstić information content (AvgIpc) is 2.40. The van der Waals surface area contributed by atoms with Crippen molar-refractivity contribution < 1.29 is 24.9 Å². The van der Waals surface area contributed by atoms with Crippen LogP contribution in [0.15, 0.2) is 0 Å². The van der Waals surface area contributed by atoms with Crippen molar-refractivity contribution in [2.75, 3.05) is 26.4 Å². The quantitative estimate of drug-likeness (QED) is 0.379. The number of rotatable bonds is 11. The first-order valence-electron chi connectivity index (χ1n) is 6.62. The first kappa shape index (κ1) is 17.4. The van der Waals surface area contributed by atoms with Crippen molar-refractivity contribution in [2.24, 2.45) is 5.41 Å². The largest absolute Gasteiger partial charge is 0.466 e. The molecule has 0 rings (SSSR count). The van der Waals surface area contributed by atoms with Crippen molar-refractivity contribution in [1.82, 2.24) is 0 Å². The minimum absolute atomic E-state index is 0.119. The summed E-state index contributed by atoms with van der Waals surface area (Å²) in [6, 6.07) is 0. The topological polar surface area (TPSA) is 87.0 Å². The lowest BCUT2D eigenvalue weighted by Gasteiger charge is -2.26. The molecule has 0 heterocycles. The number of hydrogen-bond acceptors (Lipinski definition) is 5. The average molecular weight is 262 g/mol. The van der Waals surface area contributed by atoms with Crippen LogP contribution in [0.3, 0.4) is 0 Å². The summed E-state index contributed by atoms with van der Waals surface area (Å²) in [5.74, 6) is -0.256. The Morgan fingerprint density at radius 3 is 2.17 bits per heavy atom. The number of esters is 1. The second kappa shape index (κ2) is 10.3. The number of hydrogen-bond donors (Lipinski definition) is 3. The van der Waals surface area contributed by atoms with E-state index in [4.69, 9.17) is 20.1 Å². The number of aliphatic hydroxyl groups excluding tert-OH is 3. The van der Waals surface area contributed by atoms with Gasteiger partial charge in [-0.3, -0.25) is 4.79 Å². The molecule has 5 nitrogen and oxygen atoms in total. The fourth-order valence-electron chi connectivity index (χ4n) is 1.54. The van der Waals surface area contributed by atoms with E-state index in [-0.39, 0.29) is 38.8 Å². The van der Waals surface area contributed by atoms with Crippen molar-refractivity contribution >= 4 is 5.97 Å². The maximum Gasteiger partial charge on any atom is 0.305 e. The number of carbonyl (C=O) groups is 1. The zero-order chi connectivity index (χ0) is 13.9. The first-order chi connectivity index (χ1) is 8.64. The summed E-state index contributed by atoms with van der Waals surface area (Å²) in [5.41, 5.74) is -0.956. The van der Waals surface area contributed by atoms with Gasteiger partial charge in [-0.2, -0.15) is 0 Å². The molecular weight excluding hydrogens is 236 g/mol. The van der Waals surface area contributed by atoms with Gasteiger partial charge >= 0.3 is 5.97 Å². The molecular formula is C13H26O5. The number of unbranched alkanes of at least 4 members (excludes halogenated alkanes) is 3. The summed E-state index contributed by atoms with van der Waals surface area (Å²) in [7, 11) is 0. The van der Waals surface area contributed by atoms with Crippen LogP contribution in [0.25, 0.3) is 0 Å². The molecule has 18 heavy (non-hydrogen) atoms. The molecule has 0 fully saturated rings. The molecule has 0 bridgehead atoms. The van der Waals surface area contributed by atoms with Crippen molar-refractivity contribution in [1.29, 1.82) is 0 Å². The Kier molecular flexibility index (Phi) is 9.92. The van der Waals surface area contributed by atoms with Gasteiger partial charge in [-0.15, -0.1) is 0 Å². The molecule has 5 heteroatoms. The van der Waals surface area contributed by atoms with Gasteiger partial charge in [0.15, 0.2) is 0 Å². The second-order valence-electron chi connectivity index (χ2n) is 4.76. The second-order valence-corrected chi connectivity index (χ2v) is 4.76. The van der Waals surface area contributed by atoms with E-state index in [0.29, 0.717) is 6.42 Å².